The molecular weight excluding hydrogens is 256 g/mol. The highest BCUT2D eigenvalue weighted by Crippen LogP contribution is 2.26. The van der Waals surface area contributed by atoms with E-state index in [1.165, 1.54) is 37.7 Å². The highest BCUT2D eigenvalue weighted by Gasteiger charge is 2.14. The molecule has 1 aromatic rings. The second-order valence-corrected chi connectivity index (χ2v) is 5.52. The highest BCUT2D eigenvalue weighted by molar-refractivity contribution is 6.19. The summed E-state index contributed by atoms with van der Waals surface area (Å²) >= 11 is 5.63. The minimum atomic E-state index is 0.357. The van der Waals surface area contributed by atoms with Crippen LogP contribution in [0, 0.1) is 24.7 Å². The molecule has 0 aromatic heterocycles. The summed E-state index contributed by atoms with van der Waals surface area (Å²) in [6, 6.07) is 6.16. The van der Waals surface area contributed by atoms with E-state index in [0.29, 0.717) is 11.8 Å². The lowest BCUT2D eigenvalue weighted by atomic mass is 9.90. The molecule has 1 aliphatic rings. The zero-order chi connectivity index (χ0) is 13.5. The largest absolute Gasteiger partial charge is 0.492 e. The molecule has 0 spiro atoms. The van der Waals surface area contributed by atoms with Crippen molar-refractivity contribution < 1.29 is 4.74 Å². The molecule has 0 amide bonds. The molecule has 0 radical (unpaired) electrons. The Labute approximate surface area is 121 Å². The predicted octanol–water partition coefficient (Wildman–Crippen LogP) is 4.54. The molecule has 0 heterocycles. The zero-order valence-electron chi connectivity index (χ0n) is 11.5. The Kier molecular flexibility index (Phi) is 5.61. The van der Waals surface area contributed by atoms with E-state index in [-0.39, 0.29) is 0 Å². The Bertz CT molecular complexity index is 464. The first-order valence-corrected chi connectivity index (χ1v) is 7.61. The van der Waals surface area contributed by atoms with Crippen molar-refractivity contribution in [3.63, 3.8) is 0 Å². The molecule has 0 N–H and O–H groups in total. The van der Waals surface area contributed by atoms with Crippen LogP contribution in [0.5, 0.6) is 5.75 Å². The molecular formula is C17H21ClO. The van der Waals surface area contributed by atoms with E-state index in [1.54, 1.807) is 0 Å². The maximum absolute atomic E-state index is 5.98. The highest BCUT2D eigenvalue weighted by atomic mass is 35.5. The van der Waals surface area contributed by atoms with Crippen LogP contribution in [0.15, 0.2) is 18.2 Å². The number of aryl methyl sites for hydroxylation is 1. The first-order chi connectivity index (χ1) is 9.29. The van der Waals surface area contributed by atoms with Gasteiger partial charge in [-0.15, -0.1) is 11.6 Å². The number of halogens is 1. The van der Waals surface area contributed by atoms with E-state index in [9.17, 15) is 0 Å². The minimum absolute atomic E-state index is 0.357. The fourth-order valence-electron chi connectivity index (χ4n) is 2.56. The SMILES string of the molecule is Cc1ccc(OCC2CCCCC2)c(C#CCCl)c1. The van der Waals surface area contributed by atoms with Crippen LogP contribution < -0.4 is 4.74 Å². The Hall–Kier alpha value is -1.13. The van der Waals surface area contributed by atoms with Gasteiger partial charge in [0, 0.05) is 0 Å². The molecule has 0 saturated heterocycles. The van der Waals surface area contributed by atoms with Gasteiger partial charge in [0.1, 0.15) is 5.75 Å². The second-order valence-electron chi connectivity index (χ2n) is 5.25. The summed E-state index contributed by atoms with van der Waals surface area (Å²) in [6.07, 6.45) is 6.68. The number of ether oxygens (including phenoxy) is 1. The summed E-state index contributed by atoms with van der Waals surface area (Å²) in [6.45, 7) is 2.88. The van der Waals surface area contributed by atoms with Crippen LogP contribution in [0.1, 0.15) is 43.2 Å². The number of rotatable bonds is 3. The Morgan fingerprint density at radius 3 is 2.79 bits per heavy atom. The summed E-state index contributed by atoms with van der Waals surface area (Å²) in [7, 11) is 0. The number of hydrogen-bond acceptors (Lipinski definition) is 1. The van der Waals surface area contributed by atoms with E-state index in [2.05, 4.69) is 30.9 Å². The molecule has 1 saturated carbocycles. The number of hydrogen-bond donors (Lipinski definition) is 0. The van der Waals surface area contributed by atoms with Gasteiger partial charge in [-0.3, -0.25) is 0 Å². The van der Waals surface area contributed by atoms with Gasteiger partial charge in [-0.2, -0.15) is 0 Å². The van der Waals surface area contributed by atoms with Gasteiger partial charge in [-0.05, 0) is 43.4 Å². The number of alkyl halides is 1. The van der Waals surface area contributed by atoms with Crippen molar-refractivity contribution in [2.24, 2.45) is 5.92 Å². The Balaban J connectivity index is 2.02. The van der Waals surface area contributed by atoms with Gasteiger partial charge in [-0.1, -0.05) is 37.2 Å². The van der Waals surface area contributed by atoms with E-state index in [4.69, 9.17) is 16.3 Å². The van der Waals surface area contributed by atoms with Crippen molar-refractivity contribution in [1.82, 2.24) is 0 Å². The molecule has 0 atom stereocenters. The summed E-state index contributed by atoms with van der Waals surface area (Å²) in [4.78, 5) is 0. The molecule has 1 aliphatic carbocycles. The third-order valence-electron chi connectivity index (χ3n) is 3.62. The van der Waals surface area contributed by atoms with Gasteiger partial charge in [0.05, 0.1) is 18.1 Å². The molecule has 1 fully saturated rings. The van der Waals surface area contributed by atoms with Gasteiger partial charge in [0.25, 0.3) is 0 Å². The van der Waals surface area contributed by atoms with Crippen LogP contribution in [0.3, 0.4) is 0 Å². The van der Waals surface area contributed by atoms with Crippen molar-refractivity contribution in [3.05, 3.63) is 29.3 Å². The molecule has 0 aliphatic heterocycles. The van der Waals surface area contributed by atoms with Gasteiger partial charge in [0.15, 0.2) is 0 Å². The molecule has 2 rings (SSSR count). The molecule has 102 valence electrons. The maximum atomic E-state index is 5.98. The zero-order valence-corrected chi connectivity index (χ0v) is 12.3. The normalized spacial score (nSPS) is 15.7. The number of benzene rings is 1. The van der Waals surface area contributed by atoms with Crippen LogP contribution in [0.4, 0.5) is 0 Å². The first-order valence-electron chi connectivity index (χ1n) is 7.08. The smallest absolute Gasteiger partial charge is 0.134 e. The Morgan fingerprint density at radius 1 is 1.26 bits per heavy atom. The molecule has 1 aromatic carbocycles. The summed E-state index contributed by atoms with van der Waals surface area (Å²) < 4.78 is 5.98. The lowest BCUT2D eigenvalue weighted by molar-refractivity contribution is 0.208. The predicted molar refractivity (Wildman–Crippen MR) is 80.8 cm³/mol. The summed E-state index contributed by atoms with van der Waals surface area (Å²) in [5.41, 5.74) is 2.15. The third kappa shape index (κ3) is 4.48. The van der Waals surface area contributed by atoms with E-state index in [1.807, 2.05) is 6.07 Å². The van der Waals surface area contributed by atoms with E-state index < -0.39 is 0 Å². The monoisotopic (exact) mass is 276 g/mol. The van der Waals surface area contributed by atoms with Crippen LogP contribution in [0.2, 0.25) is 0 Å². The van der Waals surface area contributed by atoms with Crippen LogP contribution in [-0.4, -0.2) is 12.5 Å². The van der Waals surface area contributed by atoms with Crippen molar-refractivity contribution >= 4 is 11.6 Å². The first kappa shape index (κ1) is 14.3. The Morgan fingerprint density at radius 2 is 2.05 bits per heavy atom. The van der Waals surface area contributed by atoms with Crippen molar-refractivity contribution in [2.75, 3.05) is 12.5 Å². The molecule has 19 heavy (non-hydrogen) atoms. The summed E-state index contributed by atoms with van der Waals surface area (Å²) in [5.74, 6) is 7.96. The van der Waals surface area contributed by atoms with Crippen molar-refractivity contribution in [1.29, 1.82) is 0 Å². The topological polar surface area (TPSA) is 9.23 Å². The minimum Gasteiger partial charge on any atom is -0.492 e. The van der Waals surface area contributed by atoms with Gasteiger partial charge in [-0.25, -0.2) is 0 Å². The third-order valence-corrected chi connectivity index (χ3v) is 3.76. The van der Waals surface area contributed by atoms with Crippen molar-refractivity contribution in [2.45, 2.75) is 39.0 Å². The molecule has 1 nitrogen and oxygen atoms in total. The van der Waals surface area contributed by atoms with Crippen molar-refractivity contribution in [3.8, 4) is 17.6 Å². The van der Waals surface area contributed by atoms with Crippen LogP contribution in [-0.2, 0) is 0 Å². The lowest BCUT2D eigenvalue weighted by Crippen LogP contribution is -2.15. The van der Waals surface area contributed by atoms with Gasteiger partial charge in [0.2, 0.25) is 0 Å². The second kappa shape index (κ2) is 7.46. The maximum Gasteiger partial charge on any atom is 0.134 e. The molecule has 0 bridgehead atoms. The standard InChI is InChI=1S/C17H21ClO/c1-14-9-10-17(16(12-14)8-5-11-18)19-13-15-6-3-2-4-7-15/h9-10,12,15H,2-4,6-7,11,13H2,1H3. The van der Waals surface area contributed by atoms with Gasteiger partial charge < -0.3 is 4.74 Å². The van der Waals surface area contributed by atoms with Crippen LogP contribution in [0.25, 0.3) is 0 Å². The van der Waals surface area contributed by atoms with Gasteiger partial charge >= 0.3 is 0 Å². The average Bonchev–Trinajstić information content (AvgIpc) is 2.45. The fraction of sp³-hybridized carbons (Fsp3) is 0.529. The summed E-state index contributed by atoms with van der Waals surface area (Å²) in [5, 5.41) is 0. The average molecular weight is 277 g/mol. The van der Waals surface area contributed by atoms with E-state index >= 15 is 0 Å². The molecule has 0 unspecified atom stereocenters. The lowest BCUT2D eigenvalue weighted by Gasteiger charge is -2.22. The quantitative estimate of drug-likeness (QED) is 0.582. The molecule has 2 heteroatoms. The van der Waals surface area contributed by atoms with Crippen LogP contribution >= 0.6 is 11.6 Å². The van der Waals surface area contributed by atoms with E-state index in [0.717, 1.165) is 17.9 Å². The fourth-order valence-corrected chi connectivity index (χ4v) is 2.62.